The molecule has 31 heavy (non-hydrogen) atoms. The maximum atomic E-state index is 12.2. The van der Waals surface area contributed by atoms with Crippen molar-refractivity contribution in [2.75, 3.05) is 0 Å². The van der Waals surface area contributed by atoms with Crippen molar-refractivity contribution in [2.45, 2.75) is 117 Å². The zero-order valence-corrected chi connectivity index (χ0v) is 20.1. The topological polar surface area (TPSA) is 52.6 Å². The summed E-state index contributed by atoms with van der Waals surface area (Å²) in [5.41, 5.74) is 0. The first-order chi connectivity index (χ1) is 15.1. The van der Waals surface area contributed by atoms with Crippen molar-refractivity contribution in [3.05, 3.63) is 24.3 Å². The Morgan fingerprint density at radius 3 is 1.61 bits per heavy atom. The third kappa shape index (κ3) is 13.2. The Balaban J connectivity index is 2.29. The summed E-state index contributed by atoms with van der Waals surface area (Å²) in [6.07, 6.45) is 15.6. The highest BCUT2D eigenvalue weighted by Gasteiger charge is 2.13. The van der Waals surface area contributed by atoms with Crippen molar-refractivity contribution in [2.24, 2.45) is 5.92 Å². The molecule has 0 aromatic heterocycles. The molecular weight excluding hydrogens is 388 g/mol. The molecule has 0 aliphatic rings. The zero-order valence-electron chi connectivity index (χ0n) is 20.1. The van der Waals surface area contributed by atoms with Gasteiger partial charge in [0.25, 0.3) is 0 Å². The van der Waals surface area contributed by atoms with Crippen LogP contribution in [-0.2, 0) is 9.59 Å². The third-order valence-corrected chi connectivity index (χ3v) is 5.93. The van der Waals surface area contributed by atoms with Crippen LogP contribution in [0.3, 0.4) is 0 Å². The first-order valence-corrected chi connectivity index (χ1v) is 12.6. The number of hydrogen-bond acceptors (Lipinski definition) is 4. The van der Waals surface area contributed by atoms with Gasteiger partial charge in [-0.1, -0.05) is 104 Å². The molecule has 0 saturated heterocycles. The molecule has 4 nitrogen and oxygen atoms in total. The highest BCUT2D eigenvalue weighted by atomic mass is 16.6. The summed E-state index contributed by atoms with van der Waals surface area (Å²) in [6, 6.07) is 6.93. The largest absolute Gasteiger partial charge is 0.423 e. The van der Waals surface area contributed by atoms with E-state index in [1.54, 1.807) is 24.3 Å². The average molecular weight is 433 g/mol. The lowest BCUT2D eigenvalue weighted by molar-refractivity contribution is -0.137. The second-order valence-corrected chi connectivity index (χ2v) is 8.55. The molecule has 0 aliphatic heterocycles. The first-order valence-electron chi connectivity index (χ1n) is 12.6. The minimum absolute atomic E-state index is 0.264. The first kappa shape index (κ1) is 27.2. The fraction of sp³-hybridized carbons (Fsp3) is 0.704. The van der Waals surface area contributed by atoms with E-state index in [1.807, 2.05) is 0 Å². The van der Waals surface area contributed by atoms with Crippen LogP contribution < -0.4 is 9.47 Å². The lowest BCUT2D eigenvalue weighted by Gasteiger charge is -2.11. The van der Waals surface area contributed by atoms with Gasteiger partial charge in [0.1, 0.15) is 0 Å². The third-order valence-electron chi connectivity index (χ3n) is 5.93. The van der Waals surface area contributed by atoms with E-state index in [0.29, 0.717) is 24.3 Å². The second kappa shape index (κ2) is 17.8. The Kier molecular flexibility index (Phi) is 15.6. The lowest BCUT2D eigenvalue weighted by atomic mass is 9.96. The molecule has 0 unspecified atom stereocenters. The van der Waals surface area contributed by atoms with Gasteiger partial charge < -0.3 is 9.47 Å². The Hall–Kier alpha value is -1.84. The number of carbonyl (C=O) groups is 2. The van der Waals surface area contributed by atoms with E-state index >= 15 is 0 Å². The fourth-order valence-electron chi connectivity index (χ4n) is 3.77. The van der Waals surface area contributed by atoms with E-state index in [9.17, 15) is 9.59 Å². The van der Waals surface area contributed by atoms with Crippen LogP contribution in [0.2, 0.25) is 0 Å². The van der Waals surface area contributed by atoms with Gasteiger partial charge in [0, 0.05) is 12.8 Å². The summed E-state index contributed by atoms with van der Waals surface area (Å²) in [5.74, 6) is 0.968. The molecular formula is C27H44O4. The summed E-state index contributed by atoms with van der Waals surface area (Å²) in [6.45, 7) is 6.71. The van der Waals surface area contributed by atoms with Gasteiger partial charge in [-0.2, -0.15) is 0 Å². The molecule has 4 heteroatoms. The fourth-order valence-corrected chi connectivity index (χ4v) is 3.77. The molecule has 0 N–H and O–H groups in total. The molecule has 0 atom stereocenters. The van der Waals surface area contributed by atoms with Crippen molar-refractivity contribution in [3.8, 4) is 11.5 Å². The molecule has 0 saturated carbocycles. The Morgan fingerprint density at radius 1 is 0.677 bits per heavy atom. The predicted molar refractivity (Wildman–Crippen MR) is 127 cm³/mol. The summed E-state index contributed by atoms with van der Waals surface area (Å²) < 4.78 is 10.9. The standard InChI is InChI=1S/C27H44O4/c1-4-7-8-9-10-14-21-26(28)30-24-19-16-17-20-25(24)31-27(29)22-15-12-11-13-18-23(5-2)6-3/h16-17,19-20,23H,4-15,18,21-22H2,1-3H3. The molecule has 0 amide bonds. The van der Waals surface area contributed by atoms with Crippen molar-refractivity contribution in [1.82, 2.24) is 0 Å². The van der Waals surface area contributed by atoms with Gasteiger partial charge >= 0.3 is 11.9 Å². The van der Waals surface area contributed by atoms with E-state index in [4.69, 9.17) is 9.47 Å². The average Bonchev–Trinajstić information content (AvgIpc) is 2.77. The van der Waals surface area contributed by atoms with Gasteiger partial charge in [0.2, 0.25) is 0 Å². The van der Waals surface area contributed by atoms with Gasteiger partial charge in [-0.25, -0.2) is 0 Å². The van der Waals surface area contributed by atoms with E-state index in [2.05, 4.69) is 20.8 Å². The lowest BCUT2D eigenvalue weighted by Crippen LogP contribution is -2.12. The molecule has 0 aliphatic carbocycles. The molecule has 1 rings (SSSR count). The number of unbranched alkanes of at least 4 members (excludes halogenated alkanes) is 8. The number of carbonyl (C=O) groups excluding carboxylic acids is 2. The maximum Gasteiger partial charge on any atom is 0.311 e. The molecule has 176 valence electrons. The summed E-state index contributed by atoms with van der Waals surface area (Å²) >= 11 is 0. The van der Waals surface area contributed by atoms with E-state index in [0.717, 1.165) is 44.4 Å². The van der Waals surface area contributed by atoms with E-state index in [1.165, 1.54) is 44.9 Å². The molecule has 1 aromatic rings. The van der Waals surface area contributed by atoms with Gasteiger partial charge in [-0.15, -0.1) is 0 Å². The van der Waals surface area contributed by atoms with Crippen molar-refractivity contribution in [3.63, 3.8) is 0 Å². The number of hydrogen-bond donors (Lipinski definition) is 0. The number of esters is 2. The minimum Gasteiger partial charge on any atom is -0.423 e. The molecule has 0 fully saturated rings. The summed E-state index contributed by atoms with van der Waals surface area (Å²) in [5, 5.41) is 0. The van der Waals surface area contributed by atoms with Gasteiger partial charge in [-0.3, -0.25) is 9.59 Å². The van der Waals surface area contributed by atoms with Crippen LogP contribution in [0.25, 0.3) is 0 Å². The van der Waals surface area contributed by atoms with Crippen LogP contribution in [0, 0.1) is 5.92 Å². The highest BCUT2D eigenvalue weighted by molar-refractivity contribution is 5.76. The molecule has 0 bridgehead atoms. The van der Waals surface area contributed by atoms with E-state index in [-0.39, 0.29) is 11.9 Å². The van der Waals surface area contributed by atoms with E-state index < -0.39 is 0 Å². The van der Waals surface area contributed by atoms with Crippen molar-refractivity contribution < 1.29 is 19.1 Å². The van der Waals surface area contributed by atoms with Crippen LogP contribution in [0.15, 0.2) is 24.3 Å². The maximum absolute atomic E-state index is 12.2. The summed E-state index contributed by atoms with van der Waals surface area (Å²) in [7, 11) is 0. The quantitative estimate of drug-likeness (QED) is 0.134. The second-order valence-electron chi connectivity index (χ2n) is 8.55. The number of para-hydroxylation sites is 2. The number of ether oxygens (including phenoxy) is 2. The Bertz CT molecular complexity index is 607. The predicted octanol–water partition coefficient (Wildman–Crippen LogP) is 8.02. The van der Waals surface area contributed by atoms with Gasteiger partial charge in [0.15, 0.2) is 11.5 Å². The SMILES string of the molecule is CCCCCCCCC(=O)Oc1ccccc1OC(=O)CCCCCCC(CC)CC. The smallest absolute Gasteiger partial charge is 0.311 e. The normalized spacial score (nSPS) is 11.0. The molecule has 0 spiro atoms. The highest BCUT2D eigenvalue weighted by Crippen LogP contribution is 2.27. The van der Waals surface area contributed by atoms with Crippen molar-refractivity contribution >= 4 is 11.9 Å². The van der Waals surface area contributed by atoms with Crippen LogP contribution >= 0.6 is 0 Å². The van der Waals surface area contributed by atoms with Gasteiger partial charge in [0.05, 0.1) is 0 Å². The number of benzene rings is 1. The molecule has 0 heterocycles. The zero-order chi connectivity index (χ0) is 22.7. The molecule has 0 radical (unpaired) electrons. The van der Waals surface area contributed by atoms with Gasteiger partial charge in [-0.05, 0) is 30.9 Å². The van der Waals surface area contributed by atoms with Crippen LogP contribution in [0.5, 0.6) is 11.5 Å². The van der Waals surface area contributed by atoms with Crippen LogP contribution in [0.1, 0.15) is 117 Å². The monoisotopic (exact) mass is 432 g/mol. The minimum atomic E-state index is -0.267. The summed E-state index contributed by atoms with van der Waals surface area (Å²) in [4.78, 5) is 24.4. The Morgan fingerprint density at radius 2 is 1.13 bits per heavy atom. The number of rotatable bonds is 18. The van der Waals surface area contributed by atoms with Crippen LogP contribution in [0.4, 0.5) is 0 Å². The van der Waals surface area contributed by atoms with Crippen molar-refractivity contribution in [1.29, 1.82) is 0 Å². The van der Waals surface area contributed by atoms with Crippen LogP contribution in [-0.4, -0.2) is 11.9 Å². The Labute approximate surface area is 190 Å². The molecule has 1 aromatic carbocycles.